The van der Waals surface area contributed by atoms with Gasteiger partial charge in [-0.2, -0.15) is 0 Å². The molecule has 2 aliphatic heterocycles. The van der Waals surface area contributed by atoms with E-state index in [4.69, 9.17) is 9.47 Å². The molecule has 5 rings (SSSR count). The number of hydrogen-bond acceptors (Lipinski definition) is 7. The highest BCUT2D eigenvalue weighted by molar-refractivity contribution is 5.80. The van der Waals surface area contributed by atoms with E-state index in [1.54, 1.807) is 7.11 Å². The van der Waals surface area contributed by atoms with Gasteiger partial charge in [-0.15, -0.1) is 5.10 Å². The van der Waals surface area contributed by atoms with E-state index < -0.39 is 0 Å². The average Bonchev–Trinajstić information content (AvgIpc) is 3.53. The summed E-state index contributed by atoms with van der Waals surface area (Å²) < 4.78 is 12.9. The number of aromatic amines is 1. The maximum atomic E-state index is 13.2. The maximum absolute atomic E-state index is 13.2. The number of likely N-dealkylation sites (tertiary alicyclic amines) is 1. The Bertz CT molecular complexity index is 1080. The Morgan fingerprint density at radius 1 is 1.27 bits per heavy atom. The van der Waals surface area contributed by atoms with E-state index >= 15 is 0 Å². The number of benzene rings is 1. The Morgan fingerprint density at radius 3 is 2.90 bits per heavy atom. The topological polar surface area (TPSA) is 98.2 Å². The Kier molecular flexibility index (Phi) is 5.22. The number of tetrazole rings is 1. The molecule has 9 nitrogen and oxygen atoms in total. The lowest BCUT2D eigenvalue weighted by Crippen LogP contribution is -2.34. The molecule has 9 heteroatoms. The van der Waals surface area contributed by atoms with Crippen molar-refractivity contribution in [3.8, 4) is 5.75 Å². The lowest BCUT2D eigenvalue weighted by molar-refractivity contribution is 0.0912. The van der Waals surface area contributed by atoms with Gasteiger partial charge in [0.1, 0.15) is 11.8 Å². The SMILES string of the molecule is COc1ccc2cc([C@@H](c3nnnn3C[C@@H]3CCCO3)N3CCCC3)c(=O)[nH]c2c1. The minimum absolute atomic E-state index is 0.119. The number of methoxy groups -OCH3 is 1. The number of nitrogens with one attached hydrogen (secondary N) is 1. The van der Waals surface area contributed by atoms with Crippen LogP contribution in [-0.2, 0) is 11.3 Å². The summed E-state index contributed by atoms with van der Waals surface area (Å²) in [5.74, 6) is 1.41. The van der Waals surface area contributed by atoms with Gasteiger partial charge in [-0.25, -0.2) is 4.68 Å². The van der Waals surface area contributed by atoms with E-state index in [0.29, 0.717) is 23.7 Å². The third-order valence-electron chi connectivity index (χ3n) is 6.09. The second-order valence-electron chi connectivity index (χ2n) is 8.01. The summed E-state index contributed by atoms with van der Waals surface area (Å²) in [6.07, 6.45) is 4.39. The van der Waals surface area contributed by atoms with E-state index in [1.807, 2.05) is 28.9 Å². The number of ether oxygens (including phenoxy) is 2. The van der Waals surface area contributed by atoms with Gasteiger partial charge in [0.25, 0.3) is 5.56 Å². The molecule has 0 spiro atoms. The first-order valence-corrected chi connectivity index (χ1v) is 10.6. The smallest absolute Gasteiger partial charge is 0.253 e. The molecule has 30 heavy (non-hydrogen) atoms. The number of pyridine rings is 1. The van der Waals surface area contributed by atoms with E-state index in [9.17, 15) is 4.79 Å². The lowest BCUT2D eigenvalue weighted by Gasteiger charge is -2.27. The monoisotopic (exact) mass is 410 g/mol. The zero-order chi connectivity index (χ0) is 20.5. The fourth-order valence-corrected chi connectivity index (χ4v) is 4.54. The van der Waals surface area contributed by atoms with Gasteiger partial charge < -0.3 is 14.5 Å². The van der Waals surface area contributed by atoms with Crippen molar-refractivity contribution in [2.24, 2.45) is 0 Å². The Balaban J connectivity index is 1.58. The molecule has 158 valence electrons. The number of fused-ring (bicyclic) bond motifs is 1. The zero-order valence-corrected chi connectivity index (χ0v) is 17.1. The van der Waals surface area contributed by atoms with Crippen molar-refractivity contribution in [2.45, 2.75) is 44.4 Å². The second-order valence-corrected chi connectivity index (χ2v) is 8.01. The van der Waals surface area contributed by atoms with Crippen LogP contribution in [0.4, 0.5) is 0 Å². The fraction of sp³-hybridized carbons (Fsp3) is 0.524. The van der Waals surface area contributed by atoms with Crippen LogP contribution < -0.4 is 10.3 Å². The van der Waals surface area contributed by atoms with Crippen molar-refractivity contribution in [3.05, 3.63) is 46.0 Å². The van der Waals surface area contributed by atoms with E-state index in [0.717, 1.165) is 56.3 Å². The molecule has 1 aromatic carbocycles. The van der Waals surface area contributed by atoms with Crippen LogP contribution in [0.5, 0.6) is 5.75 Å². The normalized spacial score (nSPS) is 20.8. The van der Waals surface area contributed by atoms with Crippen LogP contribution in [0.15, 0.2) is 29.1 Å². The van der Waals surface area contributed by atoms with Crippen molar-refractivity contribution in [1.29, 1.82) is 0 Å². The Hall–Kier alpha value is -2.78. The molecule has 0 aliphatic carbocycles. The van der Waals surface area contributed by atoms with Crippen molar-refractivity contribution in [3.63, 3.8) is 0 Å². The highest BCUT2D eigenvalue weighted by Crippen LogP contribution is 2.30. The van der Waals surface area contributed by atoms with Gasteiger partial charge in [0.05, 0.1) is 25.3 Å². The number of rotatable bonds is 6. The molecule has 0 amide bonds. The van der Waals surface area contributed by atoms with Gasteiger partial charge in [0.2, 0.25) is 0 Å². The molecule has 0 radical (unpaired) electrons. The highest BCUT2D eigenvalue weighted by atomic mass is 16.5. The number of nitrogens with zero attached hydrogens (tertiary/aromatic N) is 5. The van der Waals surface area contributed by atoms with E-state index in [1.165, 1.54) is 0 Å². The largest absolute Gasteiger partial charge is 0.497 e. The van der Waals surface area contributed by atoms with Gasteiger partial charge in [0.15, 0.2) is 5.82 Å². The molecule has 2 saturated heterocycles. The predicted octanol–water partition coefficient (Wildman–Crippen LogP) is 1.89. The lowest BCUT2D eigenvalue weighted by atomic mass is 10.0. The summed E-state index contributed by atoms with van der Waals surface area (Å²) in [6.45, 7) is 3.22. The van der Waals surface area contributed by atoms with Crippen molar-refractivity contribution < 1.29 is 9.47 Å². The summed E-state index contributed by atoms with van der Waals surface area (Å²) >= 11 is 0. The van der Waals surface area contributed by atoms with Gasteiger partial charge in [-0.3, -0.25) is 9.69 Å². The molecule has 0 unspecified atom stereocenters. The molecular weight excluding hydrogens is 384 g/mol. The van der Waals surface area contributed by atoms with Crippen LogP contribution in [0, 0.1) is 0 Å². The van der Waals surface area contributed by atoms with Crippen molar-refractivity contribution in [2.75, 3.05) is 26.8 Å². The van der Waals surface area contributed by atoms with Crippen LogP contribution in [0.25, 0.3) is 10.9 Å². The molecule has 3 aromatic rings. The standard InChI is InChI=1S/C21H26N6O3/c1-29-15-7-6-14-11-17(21(28)22-18(14)12-15)19(26-8-2-3-9-26)20-23-24-25-27(20)13-16-5-4-10-30-16/h6-7,11-12,16,19H,2-5,8-10,13H2,1H3,(H,22,28)/t16-,19-/m0/s1. The van der Waals surface area contributed by atoms with Crippen LogP contribution in [-0.4, -0.2) is 63.0 Å². The van der Waals surface area contributed by atoms with Crippen LogP contribution >= 0.6 is 0 Å². The summed E-state index contributed by atoms with van der Waals surface area (Å²) in [5, 5.41) is 13.5. The first-order valence-electron chi connectivity index (χ1n) is 10.6. The summed E-state index contributed by atoms with van der Waals surface area (Å²) in [7, 11) is 1.62. The number of H-pyrrole nitrogens is 1. The fourth-order valence-electron chi connectivity index (χ4n) is 4.54. The zero-order valence-electron chi connectivity index (χ0n) is 17.1. The van der Waals surface area contributed by atoms with Crippen LogP contribution in [0.3, 0.4) is 0 Å². The van der Waals surface area contributed by atoms with Gasteiger partial charge >= 0.3 is 0 Å². The molecule has 0 saturated carbocycles. The van der Waals surface area contributed by atoms with Crippen LogP contribution in [0.1, 0.15) is 43.1 Å². The van der Waals surface area contributed by atoms with Crippen molar-refractivity contribution >= 4 is 10.9 Å². The molecule has 1 N–H and O–H groups in total. The molecule has 2 fully saturated rings. The second kappa shape index (κ2) is 8.16. The molecule has 2 atom stereocenters. The third kappa shape index (κ3) is 3.59. The number of hydrogen-bond donors (Lipinski definition) is 1. The molecular formula is C21H26N6O3. The van der Waals surface area contributed by atoms with E-state index in [-0.39, 0.29) is 17.7 Å². The minimum Gasteiger partial charge on any atom is -0.497 e. The van der Waals surface area contributed by atoms with Gasteiger partial charge in [0, 0.05) is 18.2 Å². The quantitative estimate of drug-likeness (QED) is 0.663. The number of aromatic nitrogens is 5. The average molecular weight is 410 g/mol. The first kappa shape index (κ1) is 19.2. The molecule has 2 aliphatic rings. The predicted molar refractivity (Wildman–Crippen MR) is 111 cm³/mol. The molecule has 2 aromatic heterocycles. The highest BCUT2D eigenvalue weighted by Gasteiger charge is 2.32. The Labute approximate surface area is 174 Å². The summed E-state index contributed by atoms with van der Waals surface area (Å²) in [5.41, 5.74) is 1.29. The summed E-state index contributed by atoms with van der Waals surface area (Å²) in [4.78, 5) is 18.5. The van der Waals surface area contributed by atoms with Crippen LogP contribution in [0.2, 0.25) is 0 Å². The molecule has 4 heterocycles. The van der Waals surface area contributed by atoms with Crippen molar-refractivity contribution in [1.82, 2.24) is 30.1 Å². The first-order chi connectivity index (χ1) is 14.7. The third-order valence-corrected chi connectivity index (χ3v) is 6.09. The maximum Gasteiger partial charge on any atom is 0.253 e. The van der Waals surface area contributed by atoms with Gasteiger partial charge in [-0.05, 0) is 72.8 Å². The van der Waals surface area contributed by atoms with Gasteiger partial charge in [-0.1, -0.05) is 0 Å². The summed E-state index contributed by atoms with van der Waals surface area (Å²) in [6, 6.07) is 7.37. The molecule has 0 bridgehead atoms. The Morgan fingerprint density at radius 2 is 2.13 bits per heavy atom. The minimum atomic E-state index is -0.292. The van der Waals surface area contributed by atoms with E-state index in [2.05, 4.69) is 25.4 Å².